The van der Waals surface area contributed by atoms with Gasteiger partial charge in [-0.1, -0.05) is 12.2 Å². The first kappa shape index (κ1) is 8.74. The average molecular weight is 190 g/mol. The van der Waals surface area contributed by atoms with E-state index in [1.807, 2.05) is 12.2 Å². The second kappa shape index (κ2) is 3.49. The molecule has 0 bridgehead atoms. The number of amides is 1. The Bertz CT molecular complexity index is 405. The molecule has 0 fully saturated rings. The Morgan fingerprint density at radius 3 is 2.57 bits per heavy atom. The van der Waals surface area contributed by atoms with Crippen molar-refractivity contribution in [2.75, 3.05) is 13.1 Å². The van der Waals surface area contributed by atoms with Gasteiger partial charge in [-0.2, -0.15) is 0 Å². The molecule has 2 heterocycles. The fourth-order valence-electron chi connectivity index (χ4n) is 1.37. The zero-order valence-electron chi connectivity index (χ0n) is 7.56. The summed E-state index contributed by atoms with van der Waals surface area (Å²) in [5.41, 5.74) is 0.328. The van der Waals surface area contributed by atoms with E-state index in [2.05, 4.69) is 4.98 Å². The third-order valence-corrected chi connectivity index (χ3v) is 2.14. The first-order valence-corrected chi connectivity index (χ1v) is 4.40. The largest absolute Gasteiger partial charge is 0.331 e. The predicted molar refractivity (Wildman–Crippen MR) is 52.1 cm³/mol. The number of carbonyl (C=O) groups is 1. The van der Waals surface area contributed by atoms with E-state index >= 15 is 0 Å². The number of nitrogens with zero attached hydrogens (tertiary/aromatic N) is 1. The van der Waals surface area contributed by atoms with Crippen LogP contribution in [0.2, 0.25) is 0 Å². The van der Waals surface area contributed by atoms with E-state index in [1.54, 1.807) is 11.0 Å². The average Bonchev–Trinajstić information content (AvgIpc) is 2.71. The Labute approximate surface area is 80.9 Å². The molecule has 0 aromatic carbocycles. The summed E-state index contributed by atoms with van der Waals surface area (Å²) in [6.45, 7) is 1.30. The van der Waals surface area contributed by atoms with Crippen LogP contribution >= 0.6 is 0 Å². The van der Waals surface area contributed by atoms with Crippen LogP contribution in [-0.2, 0) is 0 Å². The van der Waals surface area contributed by atoms with E-state index in [-0.39, 0.29) is 11.5 Å². The fraction of sp³-hybridized carbons (Fsp3) is 0.200. The van der Waals surface area contributed by atoms with Crippen LogP contribution in [0.25, 0.3) is 0 Å². The summed E-state index contributed by atoms with van der Waals surface area (Å²) in [6, 6.07) is 2.90. The first-order valence-electron chi connectivity index (χ1n) is 4.40. The smallest absolute Gasteiger partial charge is 0.255 e. The summed E-state index contributed by atoms with van der Waals surface area (Å²) < 4.78 is 0. The van der Waals surface area contributed by atoms with Crippen LogP contribution in [0.5, 0.6) is 0 Å². The quantitative estimate of drug-likeness (QED) is 0.651. The summed E-state index contributed by atoms with van der Waals surface area (Å²) in [5.74, 6) is -0.0498. The van der Waals surface area contributed by atoms with Crippen LogP contribution in [0.4, 0.5) is 0 Å². The monoisotopic (exact) mass is 190 g/mol. The van der Waals surface area contributed by atoms with Gasteiger partial charge in [0, 0.05) is 25.4 Å². The normalized spacial score (nSPS) is 14.7. The Morgan fingerprint density at radius 1 is 1.29 bits per heavy atom. The zero-order chi connectivity index (χ0) is 9.97. The van der Waals surface area contributed by atoms with Crippen molar-refractivity contribution in [1.82, 2.24) is 9.88 Å². The lowest BCUT2D eigenvalue weighted by molar-refractivity contribution is 0.0799. The van der Waals surface area contributed by atoms with Crippen LogP contribution in [0.15, 0.2) is 35.3 Å². The zero-order valence-corrected chi connectivity index (χ0v) is 7.56. The Balaban J connectivity index is 2.18. The van der Waals surface area contributed by atoms with Gasteiger partial charge in [-0.3, -0.25) is 9.59 Å². The van der Waals surface area contributed by atoms with Gasteiger partial charge in [0.2, 0.25) is 5.56 Å². The number of aromatic amines is 1. The number of pyridine rings is 1. The molecule has 0 atom stereocenters. The number of H-pyrrole nitrogens is 1. The van der Waals surface area contributed by atoms with Crippen molar-refractivity contribution in [3.8, 4) is 0 Å². The molecule has 0 spiro atoms. The van der Waals surface area contributed by atoms with Crippen molar-refractivity contribution in [1.29, 1.82) is 0 Å². The molecule has 14 heavy (non-hydrogen) atoms. The van der Waals surface area contributed by atoms with E-state index in [0.717, 1.165) is 0 Å². The number of nitrogens with one attached hydrogen (secondary N) is 1. The van der Waals surface area contributed by atoms with Crippen LogP contribution in [-0.4, -0.2) is 28.9 Å². The number of hydrogen-bond acceptors (Lipinski definition) is 2. The highest BCUT2D eigenvalue weighted by molar-refractivity contribution is 5.94. The van der Waals surface area contributed by atoms with Crippen LogP contribution in [0.1, 0.15) is 10.4 Å². The molecule has 0 saturated carbocycles. The second-order valence-corrected chi connectivity index (χ2v) is 3.12. The summed E-state index contributed by atoms with van der Waals surface area (Å²) in [5, 5.41) is 0. The van der Waals surface area contributed by atoms with E-state index in [1.165, 1.54) is 12.3 Å². The third kappa shape index (κ3) is 1.59. The van der Waals surface area contributed by atoms with Gasteiger partial charge >= 0.3 is 0 Å². The lowest BCUT2D eigenvalue weighted by Gasteiger charge is -2.14. The highest BCUT2D eigenvalue weighted by atomic mass is 16.2. The molecule has 4 heteroatoms. The standard InChI is InChI=1S/C10H10N2O2/c13-9-4-3-8(7-11-9)10(14)12-5-1-2-6-12/h1-4,7H,5-6H2,(H,11,13). The minimum atomic E-state index is -0.193. The van der Waals surface area contributed by atoms with Gasteiger partial charge in [0.25, 0.3) is 5.91 Å². The third-order valence-electron chi connectivity index (χ3n) is 2.14. The molecule has 1 aromatic heterocycles. The topological polar surface area (TPSA) is 53.2 Å². The van der Waals surface area contributed by atoms with Crippen LogP contribution in [0, 0.1) is 0 Å². The highest BCUT2D eigenvalue weighted by Gasteiger charge is 2.15. The summed E-state index contributed by atoms with van der Waals surface area (Å²) >= 11 is 0. The fourth-order valence-corrected chi connectivity index (χ4v) is 1.37. The molecule has 0 saturated heterocycles. The van der Waals surface area contributed by atoms with Gasteiger partial charge in [0.1, 0.15) is 0 Å². The molecule has 1 aromatic rings. The molecule has 0 unspecified atom stereocenters. The summed E-state index contributed by atoms with van der Waals surface area (Å²) in [7, 11) is 0. The van der Waals surface area contributed by atoms with E-state index in [4.69, 9.17) is 0 Å². The minimum Gasteiger partial charge on any atom is -0.331 e. The van der Waals surface area contributed by atoms with E-state index in [0.29, 0.717) is 18.7 Å². The molecular formula is C10H10N2O2. The number of rotatable bonds is 1. The van der Waals surface area contributed by atoms with Gasteiger partial charge in [0.15, 0.2) is 0 Å². The first-order chi connectivity index (χ1) is 6.77. The molecule has 1 aliphatic heterocycles. The Morgan fingerprint density at radius 2 is 2.00 bits per heavy atom. The Hall–Kier alpha value is -1.84. The predicted octanol–water partition coefficient (Wildman–Crippen LogP) is 0.387. The molecular weight excluding hydrogens is 180 g/mol. The lowest BCUT2D eigenvalue weighted by Crippen LogP contribution is -2.28. The van der Waals surface area contributed by atoms with Crippen molar-refractivity contribution in [2.45, 2.75) is 0 Å². The van der Waals surface area contributed by atoms with Gasteiger partial charge in [-0.25, -0.2) is 0 Å². The molecule has 0 radical (unpaired) electrons. The van der Waals surface area contributed by atoms with Crippen molar-refractivity contribution in [2.24, 2.45) is 0 Å². The van der Waals surface area contributed by atoms with Gasteiger partial charge in [-0.15, -0.1) is 0 Å². The van der Waals surface area contributed by atoms with E-state index in [9.17, 15) is 9.59 Å². The SMILES string of the molecule is O=C(c1ccc(=O)[nH]c1)N1CC=CC1. The maximum Gasteiger partial charge on any atom is 0.255 e. The van der Waals surface area contributed by atoms with Gasteiger partial charge in [0.05, 0.1) is 5.56 Å². The van der Waals surface area contributed by atoms with Crippen molar-refractivity contribution < 1.29 is 4.79 Å². The van der Waals surface area contributed by atoms with Crippen LogP contribution in [0.3, 0.4) is 0 Å². The molecule has 72 valence electrons. The molecule has 1 aliphatic rings. The Kier molecular flexibility index (Phi) is 2.18. The number of carbonyl (C=O) groups excluding carboxylic acids is 1. The summed E-state index contributed by atoms with van der Waals surface area (Å²) in [6.07, 6.45) is 5.34. The van der Waals surface area contributed by atoms with Gasteiger partial charge in [-0.05, 0) is 6.07 Å². The van der Waals surface area contributed by atoms with E-state index < -0.39 is 0 Å². The number of aromatic nitrogens is 1. The molecule has 1 N–H and O–H groups in total. The van der Waals surface area contributed by atoms with Crippen molar-refractivity contribution in [3.05, 3.63) is 46.4 Å². The second-order valence-electron chi connectivity index (χ2n) is 3.12. The molecule has 0 aliphatic carbocycles. The van der Waals surface area contributed by atoms with Gasteiger partial charge < -0.3 is 9.88 Å². The molecule has 4 nitrogen and oxygen atoms in total. The molecule has 2 rings (SSSR count). The highest BCUT2D eigenvalue weighted by Crippen LogP contribution is 2.05. The van der Waals surface area contributed by atoms with Crippen LogP contribution < -0.4 is 5.56 Å². The lowest BCUT2D eigenvalue weighted by atomic mass is 10.2. The maximum absolute atomic E-state index is 11.7. The minimum absolute atomic E-state index is 0.0498. The van der Waals surface area contributed by atoms with Crippen molar-refractivity contribution in [3.63, 3.8) is 0 Å². The summed E-state index contributed by atoms with van der Waals surface area (Å²) in [4.78, 5) is 26.7. The molecule has 1 amide bonds. The maximum atomic E-state index is 11.7. The van der Waals surface area contributed by atoms with Crippen molar-refractivity contribution >= 4 is 5.91 Å². The number of hydrogen-bond donors (Lipinski definition) is 1.